The fourth-order valence-electron chi connectivity index (χ4n) is 1.44. The Bertz CT molecular complexity index is 452. The van der Waals surface area contributed by atoms with Gasteiger partial charge in [-0.3, -0.25) is 4.79 Å². The number of rotatable bonds is 3. The summed E-state index contributed by atoms with van der Waals surface area (Å²) in [6, 6.07) is 2.23. The van der Waals surface area contributed by atoms with Crippen LogP contribution in [-0.2, 0) is 0 Å². The number of amides is 1. The fraction of sp³-hybridized carbons (Fsp3) is 0.545. The molecule has 1 aliphatic rings. The maximum Gasteiger partial charge on any atom is 0.291 e. The molecule has 0 unspecified atom stereocenters. The molecule has 0 spiro atoms. The summed E-state index contributed by atoms with van der Waals surface area (Å²) in [5, 5.41) is 15.6. The molecule has 1 heterocycles. The van der Waals surface area contributed by atoms with E-state index in [1.807, 2.05) is 19.9 Å². The van der Waals surface area contributed by atoms with Gasteiger partial charge in [0.15, 0.2) is 0 Å². The van der Waals surface area contributed by atoms with Gasteiger partial charge in [0, 0.05) is 12.0 Å². The van der Waals surface area contributed by atoms with E-state index >= 15 is 0 Å². The Labute approximate surface area is 93.4 Å². The van der Waals surface area contributed by atoms with E-state index in [1.54, 1.807) is 0 Å². The molecule has 0 aromatic carbocycles. The van der Waals surface area contributed by atoms with E-state index in [0.29, 0.717) is 5.69 Å². The van der Waals surface area contributed by atoms with Crippen molar-refractivity contribution < 1.29 is 9.32 Å². The SMILES string of the molecule is CC(C)c1noc(C(=O)NC2CC2)c1C#N. The summed E-state index contributed by atoms with van der Waals surface area (Å²) >= 11 is 0. The summed E-state index contributed by atoms with van der Waals surface area (Å²) in [6.45, 7) is 3.81. The van der Waals surface area contributed by atoms with Gasteiger partial charge in [-0.1, -0.05) is 19.0 Å². The lowest BCUT2D eigenvalue weighted by atomic mass is 10.0. The quantitative estimate of drug-likeness (QED) is 0.836. The highest BCUT2D eigenvalue weighted by Crippen LogP contribution is 2.23. The normalized spacial score (nSPS) is 14.9. The molecule has 1 aromatic rings. The number of carbonyl (C=O) groups is 1. The second-order valence-electron chi connectivity index (χ2n) is 4.29. The van der Waals surface area contributed by atoms with Crippen molar-refractivity contribution in [2.24, 2.45) is 0 Å². The van der Waals surface area contributed by atoms with Crippen molar-refractivity contribution in [2.45, 2.75) is 38.6 Å². The lowest BCUT2D eigenvalue weighted by Crippen LogP contribution is -2.25. The number of nitriles is 1. The first-order valence-corrected chi connectivity index (χ1v) is 5.34. The summed E-state index contributed by atoms with van der Waals surface area (Å²) < 4.78 is 4.95. The average molecular weight is 219 g/mol. The molecule has 5 nitrogen and oxygen atoms in total. The molecule has 0 atom stereocenters. The molecule has 1 fully saturated rings. The Morgan fingerprint density at radius 2 is 2.31 bits per heavy atom. The molecule has 0 aliphatic heterocycles. The third-order valence-electron chi connectivity index (χ3n) is 2.50. The van der Waals surface area contributed by atoms with Crippen LogP contribution in [0.3, 0.4) is 0 Å². The van der Waals surface area contributed by atoms with Crippen molar-refractivity contribution >= 4 is 5.91 Å². The monoisotopic (exact) mass is 219 g/mol. The van der Waals surface area contributed by atoms with E-state index in [0.717, 1.165) is 12.8 Å². The summed E-state index contributed by atoms with van der Waals surface area (Å²) in [5.41, 5.74) is 0.802. The van der Waals surface area contributed by atoms with Gasteiger partial charge in [-0.15, -0.1) is 0 Å². The van der Waals surface area contributed by atoms with Crippen molar-refractivity contribution in [1.82, 2.24) is 10.5 Å². The zero-order chi connectivity index (χ0) is 11.7. The number of hydrogen-bond acceptors (Lipinski definition) is 4. The first-order chi connectivity index (χ1) is 7.63. The lowest BCUT2D eigenvalue weighted by Gasteiger charge is -1.99. The third-order valence-corrected chi connectivity index (χ3v) is 2.50. The van der Waals surface area contributed by atoms with Crippen LogP contribution in [0.25, 0.3) is 0 Å². The van der Waals surface area contributed by atoms with E-state index in [9.17, 15) is 4.79 Å². The van der Waals surface area contributed by atoms with Gasteiger partial charge in [-0.25, -0.2) is 0 Å². The minimum absolute atomic E-state index is 0.0399. The fourth-order valence-corrected chi connectivity index (χ4v) is 1.44. The highest BCUT2D eigenvalue weighted by Gasteiger charge is 2.29. The summed E-state index contributed by atoms with van der Waals surface area (Å²) in [7, 11) is 0. The summed E-state index contributed by atoms with van der Waals surface area (Å²) in [5.74, 6) is -0.225. The van der Waals surface area contributed by atoms with E-state index in [-0.39, 0.29) is 29.2 Å². The van der Waals surface area contributed by atoms with Gasteiger partial charge in [0.25, 0.3) is 5.91 Å². The molecule has 1 amide bonds. The van der Waals surface area contributed by atoms with E-state index < -0.39 is 0 Å². The largest absolute Gasteiger partial charge is 0.349 e. The van der Waals surface area contributed by atoms with Crippen LogP contribution in [0.5, 0.6) is 0 Å². The van der Waals surface area contributed by atoms with Gasteiger partial charge >= 0.3 is 0 Å². The predicted octanol–water partition coefficient (Wildman–Crippen LogP) is 1.56. The van der Waals surface area contributed by atoms with Crippen LogP contribution in [0.4, 0.5) is 0 Å². The van der Waals surface area contributed by atoms with Crippen molar-refractivity contribution in [1.29, 1.82) is 5.26 Å². The Kier molecular flexibility index (Phi) is 2.65. The molecule has 84 valence electrons. The van der Waals surface area contributed by atoms with Crippen LogP contribution < -0.4 is 5.32 Å². The average Bonchev–Trinajstić information content (AvgIpc) is 2.94. The van der Waals surface area contributed by atoms with Gasteiger partial charge in [-0.2, -0.15) is 5.26 Å². The second kappa shape index (κ2) is 3.97. The van der Waals surface area contributed by atoms with Crippen LogP contribution in [0, 0.1) is 11.3 Å². The Morgan fingerprint density at radius 1 is 1.62 bits per heavy atom. The Hall–Kier alpha value is -1.83. The zero-order valence-electron chi connectivity index (χ0n) is 9.28. The molecule has 2 rings (SSSR count). The van der Waals surface area contributed by atoms with Crippen molar-refractivity contribution in [3.05, 3.63) is 17.0 Å². The minimum Gasteiger partial charge on any atom is -0.349 e. The molecule has 1 aliphatic carbocycles. The van der Waals surface area contributed by atoms with Crippen LogP contribution in [0.1, 0.15) is 54.4 Å². The molecular formula is C11H13N3O2. The summed E-state index contributed by atoms with van der Waals surface area (Å²) in [6.07, 6.45) is 2.00. The maximum atomic E-state index is 11.7. The number of aromatic nitrogens is 1. The van der Waals surface area contributed by atoms with Crippen LogP contribution in [0.15, 0.2) is 4.52 Å². The number of nitrogens with zero attached hydrogens (tertiary/aromatic N) is 2. The molecule has 0 saturated heterocycles. The smallest absolute Gasteiger partial charge is 0.291 e. The van der Waals surface area contributed by atoms with Gasteiger partial charge in [0.05, 0.1) is 0 Å². The Balaban J connectivity index is 2.26. The van der Waals surface area contributed by atoms with E-state index in [4.69, 9.17) is 9.78 Å². The second-order valence-corrected chi connectivity index (χ2v) is 4.29. The van der Waals surface area contributed by atoms with Crippen molar-refractivity contribution in [2.75, 3.05) is 0 Å². The van der Waals surface area contributed by atoms with Crippen LogP contribution >= 0.6 is 0 Å². The highest BCUT2D eigenvalue weighted by molar-refractivity contribution is 5.94. The highest BCUT2D eigenvalue weighted by atomic mass is 16.5. The maximum absolute atomic E-state index is 11.7. The minimum atomic E-state index is -0.335. The van der Waals surface area contributed by atoms with Crippen molar-refractivity contribution in [3.8, 4) is 6.07 Å². The summed E-state index contributed by atoms with van der Waals surface area (Å²) in [4.78, 5) is 11.7. The number of hydrogen-bond donors (Lipinski definition) is 1. The Morgan fingerprint density at radius 3 is 2.81 bits per heavy atom. The molecule has 1 aromatic heterocycles. The lowest BCUT2D eigenvalue weighted by molar-refractivity contribution is 0.0913. The molecule has 0 radical (unpaired) electrons. The molecule has 5 heteroatoms. The van der Waals surface area contributed by atoms with Crippen LogP contribution in [0.2, 0.25) is 0 Å². The van der Waals surface area contributed by atoms with Gasteiger partial charge in [0.2, 0.25) is 5.76 Å². The molecule has 0 bridgehead atoms. The van der Waals surface area contributed by atoms with E-state index in [2.05, 4.69) is 10.5 Å². The number of carbonyl (C=O) groups excluding carboxylic acids is 1. The standard InChI is InChI=1S/C11H13N3O2/c1-6(2)9-8(5-12)10(16-14-9)11(15)13-7-3-4-7/h6-7H,3-4H2,1-2H3,(H,13,15). The predicted molar refractivity (Wildman–Crippen MR) is 55.8 cm³/mol. The van der Waals surface area contributed by atoms with Crippen LogP contribution in [-0.4, -0.2) is 17.1 Å². The zero-order valence-corrected chi connectivity index (χ0v) is 9.28. The molecule has 1 saturated carbocycles. The topological polar surface area (TPSA) is 78.9 Å². The number of nitrogens with one attached hydrogen (secondary N) is 1. The molecule has 16 heavy (non-hydrogen) atoms. The first kappa shape index (κ1) is 10.7. The van der Waals surface area contributed by atoms with Gasteiger partial charge in [0.1, 0.15) is 17.3 Å². The molecular weight excluding hydrogens is 206 g/mol. The first-order valence-electron chi connectivity index (χ1n) is 5.34. The molecule has 1 N–H and O–H groups in total. The van der Waals surface area contributed by atoms with E-state index in [1.165, 1.54) is 0 Å². The van der Waals surface area contributed by atoms with Gasteiger partial charge < -0.3 is 9.84 Å². The van der Waals surface area contributed by atoms with Gasteiger partial charge in [-0.05, 0) is 12.8 Å². The van der Waals surface area contributed by atoms with Crippen molar-refractivity contribution in [3.63, 3.8) is 0 Å². The third kappa shape index (κ3) is 1.91.